The number of amides is 2. The first-order valence-corrected chi connectivity index (χ1v) is 12.8. The zero-order valence-corrected chi connectivity index (χ0v) is 21.0. The second-order valence-corrected chi connectivity index (χ2v) is 9.69. The van der Waals surface area contributed by atoms with E-state index >= 15 is 0 Å². The van der Waals surface area contributed by atoms with E-state index in [4.69, 9.17) is 9.47 Å². The van der Waals surface area contributed by atoms with E-state index in [1.54, 1.807) is 53.4 Å². The molecule has 2 atom stereocenters. The second-order valence-electron chi connectivity index (χ2n) is 9.69. The van der Waals surface area contributed by atoms with Crippen molar-refractivity contribution >= 4 is 17.9 Å². The predicted molar refractivity (Wildman–Crippen MR) is 137 cm³/mol. The maximum Gasteiger partial charge on any atom is 0.289 e. The minimum atomic E-state index is -0.309. The molecular formula is C29H35FN2O4. The van der Waals surface area contributed by atoms with Crippen molar-refractivity contribution in [2.75, 3.05) is 13.2 Å². The number of halogens is 1. The van der Waals surface area contributed by atoms with Gasteiger partial charge in [-0.2, -0.15) is 0 Å². The molecule has 1 aliphatic carbocycles. The van der Waals surface area contributed by atoms with Crippen LogP contribution in [0, 0.1) is 5.82 Å². The van der Waals surface area contributed by atoms with E-state index in [2.05, 4.69) is 5.32 Å². The highest BCUT2D eigenvalue weighted by Gasteiger charge is 2.41. The van der Waals surface area contributed by atoms with Gasteiger partial charge in [0.2, 0.25) is 0 Å². The molecule has 192 valence electrons. The predicted octanol–water partition coefficient (Wildman–Crippen LogP) is 5.08. The minimum absolute atomic E-state index is 0.0555. The number of benzene rings is 2. The van der Waals surface area contributed by atoms with E-state index in [0.29, 0.717) is 24.3 Å². The summed E-state index contributed by atoms with van der Waals surface area (Å²) in [6, 6.07) is 13.6. The van der Waals surface area contributed by atoms with Crippen molar-refractivity contribution in [1.82, 2.24) is 10.2 Å². The van der Waals surface area contributed by atoms with Gasteiger partial charge in [-0.15, -0.1) is 0 Å². The molecule has 2 aromatic carbocycles. The summed E-state index contributed by atoms with van der Waals surface area (Å²) in [5.74, 6) is -0.426. The first kappa shape index (κ1) is 25.9. The lowest BCUT2D eigenvalue weighted by atomic mass is 9.89. The SMILES string of the molecule is CC(C)OCCCNC(=O)c1ccc(/C=C2\OC3CCCCC3N(Cc3ccccc3F)C2=O)cc1. The average molecular weight is 495 g/mol. The van der Waals surface area contributed by atoms with Gasteiger partial charge in [0.15, 0.2) is 5.76 Å². The first-order chi connectivity index (χ1) is 17.4. The Balaban J connectivity index is 1.44. The van der Waals surface area contributed by atoms with Gasteiger partial charge in [-0.25, -0.2) is 4.39 Å². The number of nitrogens with zero attached hydrogens (tertiary/aromatic N) is 1. The highest BCUT2D eigenvalue weighted by Crippen LogP contribution is 2.34. The van der Waals surface area contributed by atoms with Crippen molar-refractivity contribution < 1.29 is 23.5 Å². The molecule has 0 bridgehead atoms. The van der Waals surface area contributed by atoms with Gasteiger partial charge in [0.1, 0.15) is 11.9 Å². The van der Waals surface area contributed by atoms with E-state index in [0.717, 1.165) is 37.7 Å². The molecule has 0 aromatic heterocycles. The van der Waals surface area contributed by atoms with E-state index in [9.17, 15) is 14.0 Å². The number of hydrogen-bond donors (Lipinski definition) is 1. The Kier molecular flexibility index (Phi) is 8.75. The van der Waals surface area contributed by atoms with Crippen molar-refractivity contribution in [2.24, 2.45) is 0 Å². The van der Waals surface area contributed by atoms with Crippen LogP contribution >= 0.6 is 0 Å². The normalized spacial score (nSPS) is 20.8. The molecule has 6 nitrogen and oxygen atoms in total. The molecule has 1 N–H and O–H groups in total. The van der Waals surface area contributed by atoms with Crippen LogP contribution in [0.5, 0.6) is 0 Å². The first-order valence-electron chi connectivity index (χ1n) is 12.8. The van der Waals surface area contributed by atoms with Crippen LogP contribution in [0.3, 0.4) is 0 Å². The monoisotopic (exact) mass is 494 g/mol. The number of hydrogen-bond acceptors (Lipinski definition) is 4. The molecule has 2 fully saturated rings. The molecule has 1 heterocycles. The molecule has 2 aliphatic rings. The fourth-order valence-corrected chi connectivity index (χ4v) is 4.75. The summed E-state index contributed by atoms with van der Waals surface area (Å²) in [5.41, 5.74) is 1.81. The van der Waals surface area contributed by atoms with Gasteiger partial charge in [-0.3, -0.25) is 9.59 Å². The maximum atomic E-state index is 14.4. The fourth-order valence-electron chi connectivity index (χ4n) is 4.75. The lowest BCUT2D eigenvalue weighted by Crippen LogP contribution is -2.54. The van der Waals surface area contributed by atoms with Gasteiger partial charge in [-0.1, -0.05) is 36.8 Å². The van der Waals surface area contributed by atoms with Gasteiger partial charge in [0, 0.05) is 30.8 Å². The van der Waals surface area contributed by atoms with E-state index in [-0.39, 0.29) is 48.2 Å². The number of ether oxygens (including phenoxy) is 2. The number of rotatable bonds is 9. The van der Waals surface area contributed by atoms with Gasteiger partial charge >= 0.3 is 0 Å². The minimum Gasteiger partial charge on any atom is -0.482 e. The molecule has 1 saturated carbocycles. The van der Waals surface area contributed by atoms with Crippen molar-refractivity contribution in [3.8, 4) is 0 Å². The zero-order valence-electron chi connectivity index (χ0n) is 21.0. The zero-order chi connectivity index (χ0) is 25.5. The molecule has 2 amide bonds. The Labute approximate surface area is 212 Å². The lowest BCUT2D eigenvalue weighted by Gasteiger charge is -2.44. The Morgan fingerprint density at radius 1 is 1.17 bits per heavy atom. The van der Waals surface area contributed by atoms with E-state index in [1.165, 1.54) is 6.07 Å². The lowest BCUT2D eigenvalue weighted by molar-refractivity contribution is -0.149. The molecule has 1 saturated heterocycles. The molecular weight excluding hydrogens is 459 g/mol. The topological polar surface area (TPSA) is 67.9 Å². The third-order valence-electron chi connectivity index (χ3n) is 6.65. The molecule has 36 heavy (non-hydrogen) atoms. The highest BCUT2D eigenvalue weighted by molar-refractivity contribution is 5.97. The number of carbonyl (C=O) groups excluding carboxylic acids is 2. The number of morpholine rings is 1. The molecule has 0 spiro atoms. The summed E-state index contributed by atoms with van der Waals surface area (Å²) < 4.78 is 26.0. The Morgan fingerprint density at radius 3 is 2.67 bits per heavy atom. The van der Waals surface area contributed by atoms with Gasteiger partial charge in [0.05, 0.1) is 12.1 Å². The molecule has 4 rings (SSSR count). The van der Waals surface area contributed by atoms with Crippen LogP contribution in [-0.2, 0) is 20.8 Å². The smallest absolute Gasteiger partial charge is 0.289 e. The van der Waals surface area contributed by atoms with E-state index < -0.39 is 0 Å². The van der Waals surface area contributed by atoms with Crippen molar-refractivity contribution in [2.45, 2.75) is 70.7 Å². The Bertz CT molecular complexity index is 1080. The standard InChI is InChI=1S/C29H35FN2O4/c1-20(2)35-17-7-16-31-28(33)22-14-12-21(13-15-22)18-27-29(34)32(19-23-8-3-4-9-24(23)30)25-10-5-6-11-26(25)36-27/h3-4,8-9,12-15,18,20,25-26H,5-7,10-11,16-17,19H2,1-2H3,(H,31,33)/b27-18-. The molecule has 1 aliphatic heterocycles. The highest BCUT2D eigenvalue weighted by atomic mass is 19.1. The summed E-state index contributed by atoms with van der Waals surface area (Å²) in [6.45, 7) is 5.33. The number of carbonyl (C=O) groups is 2. The number of nitrogens with one attached hydrogen (secondary N) is 1. The van der Waals surface area contributed by atoms with Crippen LogP contribution in [0.2, 0.25) is 0 Å². The number of fused-ring (bicyclic) bond motifs is 1. The maximum absolute atomic E-state index is 14.4. The summed E-state index contributed by atoms with van der Waals surface area (Å²) in [7, 11) is 0. The van der Waals surface area contributed by atoms with Crippen molar-refractivity contribution in [3.63, 3.8) is 0 Å². The van der Waals surface area contributed by atoms with Crippen LogP contribution in [0.1, 0.15) is 67.4 Å². The summed E-state index contributed by atoms with van der Waals surface area (Å²) in [6.07, 6.45) is 6.33. The molecule has 0 radical (unpaired) electrons. The molecule has 2 aromatic rings. The quantitative estimate of drug-likeness (QED) is 0.390. The molecule has 7 heteroatoms. The van der Waals surface area contributed by atoms with Crippen molar-refractivity contribution in [3.05, 3.63) is 76.8 Å². The van der Waals surface area contributed by atoms with Crippen LogP contribution in [0.4, 0.5) is 4.39 Å². The Morgan fingerprint density at radius 2 is 1.92 bits per heavy atom. The van der Waals surface area contributed by atoms with Crippen LogP contribution < -0.4 is 5.32 Å². The average Bonchev–Trinajstić information content (AvgIpc) is 2.87. The second kappa shape index (κ2) is 12.2. The summed E-state index contributed by atoms with van der Waals surface area (Å²) in [5, 5.41) is 2.89. The summed E-state index contributed by atoms with van der Waals surface area (Å²) in [4.78, 5) is 27.6. The fraction of sp³-hybridized carbons (Fsp3) is 0.448. The largest absolute Gasteiger partial charge is 0.482 e. The van der Waals surface area contributed by atoms with Crippen LogP contribution in [-0.4, -0.2) is 48.1 Å². The van der Waals surface area contributed by atoms with Gasteiger partial charge in [-0.05, 0) is 69.4 Å². The van der Waals surface area contributed by atoms with Gasteiger partial charge in [0.25, 0.3) is 11.8 Å². The van der Waals surface area contributed by atoms with Gasteiger partial charge < -0.3 is 19.7 Å². The van der Waals surface area contributed by atoms with Crippen molar-refractivity contribution in [1.29, 1.82) is 0 Å². The van der Waals surface area contributed by atoms with Crippen LogP contribution in [0.15, 0.2) is 54.3 Å². The third-order valence-corrected chi connectivity index (χ3v) is 6.65. The van der Waals surface area contributed by atoms with Crippen LogP contribution in [0.25, 0.3) is 6.08 Å². The molecule has 2 unspecified atom stereocenters. The Hall–Kier alpha value is -3.19. The summed E-state index contributed by atoms with van der Waals surface area (Å²) >= 11 is 0. The third kappa shape index (κ3) is 6.52. The van der Waals surface area contributed by atoms with E-state index in [1.807, 2.05) is 13.8 Å².